The number of ether oxygens (including phenoxy) is 2. The highest BCUT2D eigenvalue weighted by Crippen LogP contribution is 2.38. The van der Waals surface area contributed by atoms with Gasteiger partial charge in [0.25, 0.3) is 5.89 Å². The molecule has 0 aliphatic heterocycles. The van der Waals surface area contributed by atoms with Gasteiger partial charge in [-0.1, -0.05) is 17.3 Å². The van der Waals surface area contributed by atoms with E-state index in [0.29, 0.717) is 24.2 Å². The van der Waals surface area contributed by atoms with Crippen molar-refractivity contribution in [1.82, 2.24) is 15.1 Å². The molecule has 0 bridgehead atoms. The summed E-state index contributed by atoms with van der Waals surface area (Å²) in [7, 11) is 0. The Morgan fingerprint density at radius 1 is 1.20 bits per heavy atom. The Hall–Kier alpha value is -2.47. The Morgan fingerprint density at radius 2 is 2.08 bits per heavy atom. The van der Waals surface area contributed by atoms with E-state index in [4.69, 9.17) is 14.0 Å². The van der Waals surface area contributed by atoms with Crippen molar-refractivity contribution in [1.29, 1.82) is 0 Å². The van der Waals surface area contributed by atoms with Crippen molar-refractivity contribution in [3.05, 3.63) is 47.7 Å². The summed E-state index contributed by atoms with van der Waals surface area (Å²) in [6.07, 6.45) is 4.24. The standard InChI is InChI=1S/C19H21N3O3/c1-12(2)23-10-14-7-8-16(18-15(14)4-3-9-20-18)24-11-17-21-19(22-25-17)13-5-6-13/h3-4,7-9,12-13H,5-6,10-11H2,1-2H3. The van der Waals surface area contributed by atoms with E-state index >= 15 is 0 Å². The number of aromatic nitrogens is 3. The Bertz CT molecular complexity index is 871. The molecule has 3 aromatic rings. The summed E-state index contributed by atoms with van der Waals surface area (Å²) < 4.78 is 16.9. The topological polar surface area (TPSA) is 70.3 Å². The highest BCUT2D eigenvalue weighted by Gasteiger charge is 2.28. The van der Waals surface area contributed by atoms with Gasteiger partial charge in [0.15, 0.2) is 12.4 Å². The lowest BCUT2D eigenvalue weighted by molar-refractivity contribution is 0.0664. The van der Waals surface area contributed by atoms with Crippen LogP contribution in [0.15, 0.2) is 35.0 Å². The summed E-state index contributed by atoms with van der Waals surface area (Å²) in [5.41, 5.74) is 1.91. The molecule has 0 atom stereocenters. The molecule has 0 spiro atoms. The van der Waals surface area contributed by atoms with Crippen LogP contribution in [0.2, 0.25) is 0 Å². The third-order valence-electron chi connectivity index (χ3n) is 4.17. The first kappa shape index (κ1) is 16.0. The third kappa shape index (κ3) is 3.64. The Kier molecular flexibility index (Phi) is 4.36. The molecule has 6 nitrogen and oxygen atoms in total. The van der Waals surface area contributed by atoms with Gasteiger partial charge in [-0.25, -0.2) is 0 Å². The fourth-order valence-corrected chi connectivity index (χ4v) is 2.68. The fraction of sp³-hybridized carbons (Fsp3) is 0.421. The molecule has 1 aliphatic carbocycles. The molecule has 0 saturated heterocycles. The van der Waals surface area contributed by atoms with E-state index in [2.05, 4.69) is 15.1 Å². The van der Waals surface area contributed by atoms with Crippen molar-refractivity contribution in [2.45, 2.75) is 51.9 Å². The summed E-state index contributed by atoms with van der Waals surface area (Å²) in [5.74, 6) is 2.47. The zero-order valence-corrected chi connectivity index (χ0v) is 14.4. The van der Waals surface area contributed by atoms with Gasteiger partial charge in [-0.3, -0.25) is 4.98 Å². The first-order valence-electron chi connectivity index (χ1n) is 8.64. The third-order valence-corrected chi connectivity index (χ3v) is 4.17. The molecule has 0 unspecified atom stereocenters. The molecule has 0 radical (unpaired) electrons. The molecule has 1 aliphatic rings. The van der Waals surface area contributed by atoms with Crippen molar-refractivity contribution in [3.63, 3.8) is 0 Å². The van der Waals surface area contributed by atoms with Crippen LogP contribution in [0.1, 0.15) is 49.9 Å². The van der Waals surface area contributed by atoms with Crippen LogP contribution in [0.4, 0.5) is 0 Å². The number of fused-ring (bicyclic) bond motifs is 1. The van der Waals surface area contributed by atoms with Crippen LogP contribution in [0.3, 0.4) is 0 Å². The van der Waals surface area contributed by atoms with Gasteiger partial charge in [0.1, 0.15) is 11.3 Å². The molecular weight excluding hydrogens is 318 g/mol. The van der Waals surface area contributed by atoms with Crippen molar-refractivity contribution in [2.24, 2.45) is 0 Å². The summed E-state index contributed by atoms with van der Waals surface area (Å²) in [5, 5.41) is 5.04. The van der Waals surface area contributed by atoms with Crippen LogP contribution in [0, 0.1) is 0 Å². The van der Waals surface area contributed by atoms with E-state index in [-0.39, 0.29) is 12.7 Å². The predicted molar refractivity (Wildman–Crippen MR) is 92.3 cm³/mol. The van der Waals surface area contributed by atoms with Crippen LogP contribution in [0.5, 0.6) is 5.75 Å². The van der Waals surface area contributed by atoms with Crippen LogP contribution < -0.4 is 4.74 Å². The van der Waals surface area contributed by atoms with E-state index in [9.17, 15) is 0 Å². The lowest BCUT2D eigenvalue weighted by Crippen LogP contribution is -2.03. The van der Waals surface area contributed by atoms with E-state index < -0.39 is 0 Å². The second kappa shape index (κ2) is 6.80. The number of nitrogens with zero attached hydrogens (tertiary/aromatic N) is 3. The van der Waals surface area contributed by atoms with Gasteiger partial charge in [-0.15, -0.1) is 0 Å². The van der Waals surface area contributed by atoms with Crippen LogP contribution in [0.25, 0.3) is 10.9 Å². The van der Waals surface area contributed by atoms with Crippen LogP contribution in [-0.4, -0.2) is 21.2 Å². The summed E-state index contributed by atoms with van der Waals surface area (Å²) >= 11 is 0. The fourth-order valence-electron chi connectivity index (χ4n) is 2.68. The maximum Gasteiger partial charge on any atom is 0.264 e. The Balaban J connectivity index is 1.53. The quantitative estimate of drug-likeness (QED) is 0.648. The molecule has 1 aromatic carbocycles. The van der Waals surface area contributed by atoms with Crippen molar-refractivity contribution in [2.75, 3.05) is 0 Å². The van der Waals surface area contributed by atoms with Gasteiger partial charge in [0.2, 0.25) is 0 Å². The predicted octanol–water partition coefficient (Wildman–Crippen LogP) is 4.00. The second-order valence-corrected chi connectivity index (χ2v) is 6.59. The normalized spacial score (nSPS) is 14.4. The maximum absolute atomic E-state index is 5.90. The maximum atomic E-state index is 5.90. The lowest BCUT2D eigenvalue weighted by atomic mass is 10.1. The minimum atomic E-state index is 0.181. The first-order valence-corrected chi connectivity index (χ1v) is 8.64. The monoisotopic (exact) mass is 339 g/mol. The van der Waals surface area contributed by atoms with Crippen molar-refractivity contribution in [3.8, 4) is 5.75 Å². The molecule has 6 heteroatoms. The number of hydrogen-bond donors (Lipinski definition) is 0. The van der Waals surface area contributed by atoms with E-state index in [1.165, 1.54) is 0 Å². The average Bonchev–Trinajstić information content (AvgIpc) is 3.37. The average molecular weight is 339 g/mol. The van der Waals surface area contributed by atoms with E-state index in [0.717, 1.165) is 35.1 Å². The van der Waals surface area contributed by atoms with Crippen molar-refractivity contribution >= 4 is 10.9 Å². The van der Waals surface area contributed by atoms with E-state index in [1.807, 2.05) is 38.1 Å². The van der Waals surface area contributed by atoms with Gasteiger partial charge in [0.05, 0.1) is 12.7 Å². The minimum absolute atomic E-state index is 0.181. The summed E-state index contributed by atoms with van der Waals surface area (Å²) in [4.78, 5) is 8.87. The van der Waals surface area contributed by atoms with Gasteiger partial charge in [-0.05, 0) is 44.4 Å². The largest absolute Gasteiger partial charge is 0.481 e. The first-order chi connectivity index (χ1) is 12.2. The SMILES string of the molecule is CC(C)OCc1ccc(OCc2nc(C3CC3)no2)c2ncccc12. The van der Waals surface area contributed by atoms with Crippen LogP contribution in [-0.2, 0) is 18.0 Å². The Labute approximate surface area is 146 Å². The molecular formula is C19H21N3O3. The lowest BCUT2D eigenvalue weighted by Gasteiger charge is -2.12. The smallest absolute Gasteiger partial charge is 0.264 e. The molecule has 0 amide bonds. The van der Waals surface area contributed by atoms with E-state index in [1.54, 1.807) is 6.20 Å². The number of rotatable bonds is 7. The molecule has 130 valence electrons. The summed E-state index contributed by atoms with van der Waals surface area (Å²) in [6, 6.07) is 7.90. The number of hydrogen-bond acceptors (Lipinski definition) is 6. The second-order valence-electron chi connectivity index (χ2n) is 6.59. The number of benzene rings is 1. The highest BCUT2D eigenvalue weighted by molar-refractivity contribution is 5.87. The van der Waals surface area contributed by atoms with Gasteiger partial charge >= 0.3 is 0 Å². The van der Waals surface area contributed by atoms with Gasteiger partial charge in [-0.2, -0.15) is 4.98 Å². The highest BCUT2D eigenvalue weighted by atomic mass is 16.5. The molecule has 4 rings (SSSR count). The van der Waals surface area contributed by atoms with Crippen molar-refractivity contribution < 1.29 is 14.0 Å². The molecule has 25 heavy (non-hydrogen) atoms. The molecule has 1 fully saturated rings. The Morgan fingerprint density at radius 3 is 2.88 bits per heavy atom. The molecule has 1 saturated carbocycles. The number of pyridine rings is 1. The zero-order chi connectivity index (χ0) is 17.2. The van der Waals surface area contributed by atoms with Gasteiger partial charge < -0.3 is 14.0 Å². The minimum Gasteiger partial charge on any atom is -0.481 e. The zero-order valence-electron chi connectivity index (χ0n) is 14.4. The molecule has 0 N–H and O–H groups in total. The molecule has 2 heterocycles. The summed E-state index contributed by atoms with van der Waals surface area (Å²) in [6.45, 7) is 4.85. The molecule has 2 aromatic heterocycles. The van der Waals surface area contributed by atoms with Gasteiger partial charge in [0, 0.05) is 17.5 Å². The van der Waals surface area contributed by atoms with Crippen LogP contribution >= 0.6 is 0 Å².